The molecule has 0 saturated carbocycles. The number of imidazole rings is 1. The van der Waals surface area contributed by atoms with Crippen molar-refractivity contribution in [1.82, 2.24) is 19.5 Å². The second-order valence-electron chi connectivity index (χ2n) is 12.5. The van der Waals surface area contributed by atoms with Crippen molar-refractivity contribution in [2.24, 2.45) is 0 Å². The summed E-state index contributed by atoms with van der Waals surface area (Å²) < 4.78 is 38.6. The number of nitrogens with zero attached hydrogens (tertiary/aromatic N) is 4. The summed E-state index contributed by atoms with van der Waals surface area (Å²) in [6.07, 6.45) is 23.2. The summed E-state index contributed by atoms with van der Waals surface area (Å²) in [5.74, 6) is 0.268. The highest BCUT2D eigenvalue weighted by Gasteiger charge is 2.28. The van der Waals surface area contributed by atoms with Gasteiger partial charge >= 0.3 is 7.60 Å². The number of anilines is 1. The summed E-state index contributed by atoms with van der Waals surface area (Å²) in [6, 6.07) is 9.47. The molecule has 0 radical (unpaired) electrons. The highest BCUT2D eigenvalue weighted by Crippen LogP contribution is 2.49. The number of hydrogen-bond acceptors (Lipinski definition) is 10. The SMILES string of the molecule is CCCCCCCCCCCCCCCCCCOCCOP(=O)(CO[C@@H](CO)Cn1cnc2c(N)ncnc21)OCc1ccccc1. The minimum absolute atomic E-state index is 0.105. The number of aliphatic hydroxyl groups is 1. The molecule has 1 unspecified atom stereocenters. The number of aromatic nitrogens is 4. The number of rotatable bonds is 30. The lowest BCUT2D eigenvalue weighted by molar-refractivity contribution is 0.0124. The maximum atomic E-state index is 13.7. The van der Waals surface area contributed by atoms with E-state index in [1.54, 1.807) is 10.9 Å². The van der Waals surface area contributed by atoms with Gasteiger partial charge in [0.1, 0.15) is 18.2 Å². The van der Waals surface area contributed by atoms with E-state index in [0.29, 0.717) is 24.4 Å². The minimum Gasteiger partial charge on any atom is -0.394 e. The van der Waals surface area contributed by atoms with Crippen LogP contribution >= 0.6 is 7.60 Å². The number of fused-ring (bicyclic) bond motifs is 1. The lowest BCUT2D eigenvalue weighted by Crippen LogP contribution is -2.25. The van der Waals surface area contributed by atoms with Crippen molar-refractivity contribution in [2.75, 3.05) is 38.5 Å². The molecule has 11 nitrogen and oxygen atoms in total. The molecule has 0 spiro atoms. The fourth-order valence-corrected chi connectivity index (χ4v) is 6.88. The number of ether oxygens (including phenoxy) is 2. The Morgan fingerprint density at radius 3 is 2.04 bits per heavy atom. The molecular weight excluding hydrogens is 629 g/mol. The predicted molar refractivity (Wildman–Crippen MR) is 192 cm³/mol. The molecule has 0 aliphatic heterocycles. The summed E-state index contributed by atoms with van der Waals surface area (Å²) in [7, 11) is -3.68. The monoisotopic (exact) mass is 689 g/mol. The van der Waals surface area contributed by atoms with Gasteiger partial charge in [0.15, 0.2) is 11.5 Å². The Labute approximate surface area is 287 Å². The van der Waals surface area contributed by atoms with Gasteiger partial charge in [0, 0.05) is 6.61 Å². The first-order valence-corrected chi connectivity index (χ1v) is 19.9. The molecule has 2 atom stereocenters. The maximum Gasteiger partial charge on any atom is 0.356 e. The molecule has 0 aliphatic carbocycles. The molecule has 3 aromatic rings. The van der Waals surface area contributed by atoms with Crippen LogP contribution in [0, 0.1) is 0 Å². The van der Waals surface area contributed by atoms with Crippen LogP contribution in [0.25, 0.3) is 11.2 Å². The summed E-state index contributed by atoms with van der Waals surface area (Å²) in [6.45, 7) is 3.34. The molecule has 0 fully saturated rings. The maximum absolute atomic E-state index is 13.7. The first-order chi connectivity index (χ1) is 23.5. The first-order valence-electron chi connectivity index (χ1n) is 18.2. The van der Waals surface area contributed by atoms with Gasteiger partial charge in [-0.15, -0.1) is 0 Å². The molecule has 1 aromatic carbocycles. The number of nitrogen functional groups attached to an aromatic ring is 1. The number of aliphatic hydroxyl groups excluding tert-OH is 1. The van der Waals surface area contributed by atoms with Crippen LogP contribution in [0.15, 0.2) is 43.0 Å². The van der Waals surface area contributed by atoms with E-state index in [-0.39, 0.29) is 38.5 Å². The summed E-state index contributed by atoms with van der Waals surface area (Å²) in [5, 5.41) is 10.00. The van der Waals surface area contributed by atoms with Crippen molar-refractivity contribution < 1.29 is 28.2 Å². The van der Waals surface area contributed by atoms with E-state index in [2.05, 4.69) is 21.9 Å². The van der Waals surface area contributed by atoms with Gasteiger partial charge in [-0.2, -0.15) is 0 Å². The lowest BCUT2D eigenvalue weighted by Gasteiger charge is -2.22. The lowest BCUT2D eigenvalue weighted by atomic mass is 10.0. The van der Waals surface area contributed by atoms with Crippen LogP contribution in [0.5, 0.6) is 0 Å². The third-order valence-electron chi connectivity index (χ3n) is 8.43. The molecular formula is C36H60N5O6P. The molecule has 0 saturated heterocycles. The van der Waals surface area contributed by atoms with E-state index in [4.69, 9.17) is 24.3 Å². The Morgan fingerprint density at radius 1 is 0.792 bits per heavy atom. The van der Waals surface area contributed by atoms with Crippen LogP contribution in [0.3, 0.4) is 0 Å². The van der Waals surface area contributed by atoms with E-state index in [9.17, 15) is 9.67 Å². The van der Waals surface area contributed by atoms with Crippen LogP contribution < -0.4 is 5.73 Å². The van der Waals surface area contributed by atoms with E-state index >= 15 is 0 Å². The van der Waals surface area contributed by atoms with Crippen molar-refractivity contribution in [3.05, 3.63) is 48.5 Å². The summed E-state index contributed by atoms with van der Waals surface area (Å²) in [4.78, 5) is 12.4. The molecule has 0 amide bonds. The van der Waals surface area contributed by atoms with Crippen LogP contribution in [-0.2, 0) is 36.2 Å². The smallest absolute Gasteiger partial charge is 0.356 e. The number of benzene rings is 1. The van der Waals surface area contributed by atoms with Crippen LogP contribution in [0.1, 0.15) is 115 Å². The Hall–Kier alpha value is -2.40. The van der Waals surface area contributed by atoms with E-state index in [1.807, 2.05) is 30.3 Å². The van der Waals surface area contributed by atoms with E-state index in [1.165, 1.54) is 96.2 Å². The predicted octanol–water partition coefficient (Wildman–Crippen LogP) is 8.45. The normalized spacial score (nSPS) is 13.6. The largest absolute Gasteiger partial charge is 0.394 e. The van der Waals surface area contributed by atoms with Gasteiger partial charge < -0.3 is 33.9 Å². The molecule has 48 heavy (non-hydrogen) atoms. The second-order valence-corrected chi connectivity index (χ2v) is 14.5. The topological polar surface area (TPSA) is 144 Å². The molecule has 12 heteroatoms. The molecule has 3 N–H and O–H groups in total. The van der Waals surface area contributed by atoms with Gasteiger partial charge in [-0.3, -0.25) is 4.57 Å². The fraction of sp³-hybridized carbons (Fsp3) is 0.694. The Morgan fingerprint density at radius 2 is 1.42 bits per heavy atom. The molecule has 2 aromatic heterocycles. The van der Waals surface area contributed by atoms with Crippen molar-refractivity contribution in [3.63, 3.8) is 0 Å². The first kappa shape index (κ1) is 40.0. The summed E-state index contributed by atoms with van der Waals surface area (Å²) >= 11 is 0. The molecule has 2 heterocycles. The van der Waals surface area contributed by atoms with Crippen LogP contribution in [0.4, 0.5) is 5.82 Å². The molecule has 270 valence electrons. The van der Waals surface area contributed by atoms with Gasteiger partial charge in [-0.1, -0.05) is 134 Å². The third-order valence-corrected chi connectivity index (χ3v) is 9.99. The number of unbranched alkanes of at least 4 members (excludes halogenated alkanes) is 15. The number of hydrogen-bond donors (Lipinski definition) is 2. The number of nitrogens with two attached hydrogens (primary N) is 1. The second kappa shape index (κ2) is 24.7. The van der Waals surface area contributed by atoms with E-state index < -0.39 is 13.7 Å². The highest BCUT2D eigenvalue weighted by atomic mass is 31.2. The zero-order valence-electron chi connectivity index (χ0n) is 29.2. The average Bonchev–Trinajstić information content (AvgIpc) is 3.52. The van der Waals surface area contributed by atoms with Gasteiger partial charge in [-0.25, -0.2) is 15.0 Å². The zero-order chi connectivity index (χ0) is 34.1. The van der Waals surface area contributed by atoms with Crippen molar-refractivity contribution in [1.29, 1.82) is 0 Å². The quantitative estimate of drug-likeness (QED) is 0.0517. The van der Waals surface area contributed by atoms with Crippen LogP contribution in [0.2, 0.25) is 0 Å². The molecule has 0 aliphatic rings. The zero-order valence-corrected chi connectivity index (χ0v) is 30.1. The van der Waals surface area contributed by atoms with E-state index in [0.717, 1.165) is 18.4 Å². The molecule has 3 rings (SSSR count). The minimum atomic E-state index is -3.68. The fourth-order valence-electron chi connectivity index (χ4n) is 5.56. The Bertz CT molecular complexity index is 1280. The standard InChI is InChI=1S/C36H60N5O6P/c1-2-3-4-5-6-7-8-9-10-11-12-13-14-15-16-20-23-44-24-25-46-48(43,47-28-32-21-18-17-19-22-32)31-45-33(27-42)26-41-30-40-34-35(37)38-29-39-36(34)41/h17-19,21-22,29-30,33,42H,2-16,20,23-28,31H2,1H3,(H2,37,38,39)/t33-,48?/m1/s1. The van der Waals surface area contributed by atoms with Gasteiger partial charge in [0.2, 0.25) is 0 Å². The van der Waals surface area contributed by atoms with Crippen molar-refractivity contribution in [2.45, 2.75) is 129 Å². The summed E-state index contributed by atoms with van der Waals surface area (Å²) in [5.41, 5.74) is 7.73. The Kier molecular flexibility index (Phi) is 20.6. The highest BCUT2D eigenvalue weighted by molar-refractivity contribution is 7.53. The average molecular weight is 690 g/mol. The molecule has 0 bridgehead atoms. The van der Waals surface area contributed by atoms with Gasteiger partial charge in [0.25, 0.3) is 0 Å². The third kappa shape index (κ3) is 16.3. The van der Waals surface area contributed by atoms with Crippen molar-refractivity contribution >= 4 is 24.6 Å². The van der Waals surface area contributed by atoms with Gasteiger partial charge in [-0.05, 0) is 12.0 Å². The van der Waals surface area contributed by atoms with Crippen molar-refractivity contribution in [3.8, 4) is 0 Å². The van der Waals surface area contributed by atoms with Crippen LogP contribution in [-0.4, -0.2) is 63.5 Å². The Balaban J connectivity index is 1.27. The van der Waals surface area contributed by atoms with Gasteiger partial charge in [0.05, 0.1) is 45.4 Å².